The molecule has 1 aliphatic heterocycles. The number of methoxy groups -OCH3 is 2. The predicted molar refractivity (Wildman–Crippen MR) is 89.7 cm³/mol. The number of halogens is 3. The van der Waals surface area contributed by atoms with Crippen LogP contribution in [0.5, 0.6) is 11.5 Å². The number of amides is 1. The molecular weight excluding hydrogens is 367 g/mol. The largest absolute Gasteiger partial charge is 0.497 e. The number of nitrogens with zero attached hydrogens (tertiary/aromatic N) is 1. The van der Waals surface area contributed by atoms with E-state index in [1.54, 1.807) is 18.2 Å². The van der Waals surface area contributed by atoms with Crippen LogP contribution in [0.3, 0.4) is 0 Å². The normalized spacial score (nSPS) is 19.8. The van der Waals surface area contributed by atoms with Crippen molar-refractivity contribution in [1.29, 1.82) is 0 Å². The average molecular weight is 389 g/mol. The van der Waals surface area contributed by atoms with E-state index in [0.717, 1.165) is 10.5 Å². The van der Waals surface area contributed by atoms with Crippen LogP contribution in [0, 0.1) is 11.8 Å². The van der Waals surface area contributed by atoms with Crippen molar-refractivity contribution >= 4 is 11.9 Å². The van der Waals surface area contributed by atoms with Gasteiger partial charge in [0.1, 0.15) is 11.5 Å². The van der Waals surface area contributed by atoms with Gasteiger partial charge in [0.2, 0.25) is 5.91 Å². The molecule has 0 bridgehead atoms. The van der Waals surface area contributed by atoms with Gasteiger partial charge in [0, 0.05) is 25.6 Å². The van der Waals surface area contributed by atoms with Crippen molar-refractivity contribution in [3.63, 3.8) is 0 Å². The van der Waals surface area contributed by atoms with E-state index in [-0.39, 0.29) is 6.42 Å². The number of aryl methyl sites for hydroxylation is 1. The van der Waals surface area contributed by atoms with Crippen LogP contribution in [0.1, 0.15) is 18.4 Å². The summed E-state index contributed by atoms with van der Waals surface area (Å²) in [5, 5.41) is 9.01. The summed E-state index contributed by atoms with van der Waals surface area (Å²) in [6.07, 6.45) is -3.70. The Kier molecular flexibility index (Phi) is 6.56. The zero-order chi connectivity index (χ0) is 20.2. The summed E-state index contributed by atoms with van der Waals surface area (Å²) in [4.78, 5) is 24.3. The summed E-state index contributed by atoms with van der Waals surface area (Å²) < 4.78 is 49.4. The highest BCUT2D eigenvalue weighted by Crippen LogP contribution is 2.38. The minimum absolute atomic E-state index is 0.0338. The van der Waals surface area contributed by atoms with Crippen LogP contribution in [0.15, 0.2) is 18.2 Å². The average Bonchev–Trinajstić information content (AvgIpc) is 3.08. The zero-order valence-electron chi connectivity index (χ0n) is 15.1. The van der Waals surface area contributed by atoms with Crippen LogP contribution >= 0.6 is 0 Å². The van der Waals surface area contributed by atoms with Crippen LogP contribution in [0.4, 0.5) is 13.2 Å². The number of carbonyl (C=O) groups is 2. The van der Waals surface area contributed by atoms with Gasteiger partial charge in [-0.2, -0.15) is 13.2 Å². The number of rotatable bonds is 7. The van der Waals surface area contributed by atoms with Gasteiger partial charge in [-0.05, 0) is 24.5 Å². The van der Waals surface area contributed by atoms with Gasteiger partial charge in [0.25, 0.3) is 0 Å². The molecule has 0 radical (unpaired) electrons. The monoisotopic (exact) mass is 389 g/mol. The molecule has 1 aromatic rings. The molecule has 1 aromatic carbocycles. The summed E-state index contributed by atoms with van der Waals surface area (Å²) in [7, 11) is 3.04. The third-order valence-corrected chi connectivity index (χ3v) is 4.74. The molecule has 0 aromatic heterocycles. The van der Waals surface area contributed by atoms with E-state index in [4.69, 9.17) is 14.6 Å². The van der Waals surface area contributed by atoms with E-state index >= 15 is 0 Å². The fraction of sp³-hybridized carbons (Fsp3) is 0.556. The Bertz CT molecular complexity index is 692. The molecule has 2 atom stereocenters. The number of alkyl halides is 3. The Morgan fingerprint density at radius 1 is 1.22 bits per heavy atom. The standard InChI is InChI=1S/C18H22F3NO5/c1-26-12-7-6-11(15(8-12)27-2)4-3-5-16(23)22-9-13(17(24)25)14(10-22)18(19,20)21/h6-8,13-14H,3-5,9-10H2,1-2H3,(H,24,25)/t13-,14-/m1/s1. The van der Waals surface area contributed by atoms with Crippen molar-refractivity contribution in [1.82, 2.24) is 4.90 Å². The summed E-state index contributed by atoms with van der Waals surface area (Å²) in [5.41, 5.74) is 0.851. The second kappa shape index (κ2) is 8.49. The molecule has 0 unspecified atom stereocenters. The van der Waals surface area contributed by atoms with Crippen molar-refractivity contribution in [2.75, 3.05) is 27.3 Å². The minimum Gasteiger partial charge on any atom is -0.497 e. The molecule has 1 heterocycles. The molecule has 1 saturated heterocycles. The van der Waals surface area contributed by atoms with Gasteiger partial charge in [-0.1, -0.05) is 6.07 Å². The lowest BCUT2D eigenvalue weighted by Gasteiger charge is -2.18. The molecule has 0 aliphatic carbocycles. The molecule has 6 nitrogen and oxygen atoms in total. The fourth-order valence-corrected chi connectivity index (χ4v) is 3.24. The molecule has 1 amide bonds. The van der Waals surface area contributed by atoms with Crippen LogP contribution in [-0.4, -0.2) is 55.4 Å². The molecule has 1 N–H and O–H groups in total. The number of carboxylic acid groups (broad SMARTS) is 1. The summed E-state index contributed by atoms with van der Waals surface area (Å²) in [5.74, 6) is -4.42. The number of ether oxygens (including phenoxy) is 2. The van der Waals surface area contributed by atoms with E-state index in [1.165, 1.54) is 14.2 Å². The van der Waals surface area contributed by atoms with E-state index < -0.39 is 43.0 Å². The van der Waals surface area contributed by atoms with Gasteiger partial charge in [-0.15, -0.1) is 0 Å². The first-order valence-electron chi connectivity index (χ1n) is 8.45. The lowest BCUT2D eigenvalue weighted by molar-refractivity contribution is -0.188. The number of hydrogen-bond acceptors (Lipinski definition) is 4. The number of aliphatic carboxylic acids is 1. The number of benzene rings is 1. The van der Waals surface area contributed by atoms with Crippen molar-refractivity contribution in [2.45, 2.75) is 25.4 Å². The highest BCUT2D eigenvalue weighted by molar-refractivity contribution is 5.79. The molecule has 150 valence electrons. The second-order valence-corrected chi connectivity index (χ2v) is 6.42. The Balaban J connectivity index is 1.94. The van der Waals surface area contributed by atoms with Crippen molar-refractivity contribution in [2.24, 2.45) is 11.8 Å². The third-order valence-electron chi connectivity index (χ3n) is 4.74. The lowest BCUT2D eigenvalue weighted by Crippen LogP contribution is -2.34. The molecule has 27 heavy (non-hydrogen) atoms. The first-order valence-corrected chi connectivity index (χ1v) is 8.45. The van der Waals surface area contributed by atoms with E-state index in [1.807, 2.05) is 0 Å². The van der Waals surface area contributed by atoms with Gasteiger partial charge in [0.05, 0.1) is 26.1 Å². The van der Waals surface area contributed by atoms with Crippen molar-refractivity contribution in [3.05, 3.63) is 23.8 Å². The summed E-state index contributed by atoms with van der Waals surface area (Å²) >= 11 is 0. The summed E-state index contributed by atoms with van der Waals surface area (Å²) in [6.45, 7) is -1.02. The second-order valence-electron chi connectivity index (χ2n) is 6.42. The number of likely N-dealkylation sites (tertiary alicyclic amines) is 1. The number of hydrogen-bond donors (Lipinski definition) is 1. The predicted octanol–water partition coefficient (Wildman–Crippen LogP) is 2.75. The molecule has 0 saturated carbocycles. The zero-order valence-corrected chi connectivity index (χ0v) is 15.1. The first-order chi connectivity index (χ1) is 12.7. The molecule has 2 rings (SSSR count). The smallest absolute Gasteiger partial charge is 0.394 e. The quantitative estimate of drug-likeness (QED) is 0.776. The van der Waals surface area contributed by atoms with E-state index in [9.17, 15) is 22.8 Å². The topological polar surface area (TPSA) is 76.1 Å². The molecule has 9 heteroatoms. The Labute approximate surface area is 154 Å². The molecule has 0 spiro atoms. The van der Waals surface area contributed by atoms with Crippen LogP contribution < -0.4 is 9.47 Å². The van der Waals surface area contributed by atoms with Gasteiger partial charge >= 0.3 is 12.1 Å². The van der Waals surface area contributed by atoms with E-state index in [2.05, 4.69) is 0 Å². The Morgan fingerprint density at radius 2 is 1.93 bits per heavy atom. The van der Waals surface area contributed by atoms with Crippen molar-refractivity contribution in [3.8, 4) is 11.5 Å². The van der Waals surface area contributed by atoms with Crippen LogP contribution in [0.2, 0.25) is 0 Å². The highest BCUT2D eigenvalue weighted by Gasteiger charge is 2.53. The first kappa shape index (κ1) is 20.9. The van der Waals surface area contributed by atoms with Crippen LogP contribution in [-0.2, 0) is 16.0 Å². The third kappa shape index (κ3) is 5.05. The van der Waals surface area contributed by atoms with Gasteiger partial charge < -0.3 is 19.5 Å². The van der Waals surface area contributed by atoms with Crippen molar-refractivity contribution < 1.29 is 37.3 Å². The highest BCUT2D eigenvalue weighted by atomic mass is 19.4. The number of carbonyl (C=O) groups excluding carboxylic acids is 1. The summed E-state index contributed by atoms with van der Waals surface area (Å²) in [6, 6.07) is 5.27. The Hall–Kier alpha value is -2.45. The minimum atomic E-state index is -4.64. The fourth-order valence-electron chi connectivity index (χ4n) is 3.24. The molecule has 1 aliphatic rings. The van der Waals surface area contributed by atoms with Gasteiger partial charge in [-0.25, -0.2) is 0 Å². The maximum atomic E-state index is 13.0. The maximum absolute atomic E-state index is 13.0. The Morgan fingerprint density at radius 3 is 2.44 bits per heavy atom. The molecule has 1 fully saturated rings. The lowest BCUT2D eigenvalue weighted by atomic mass is 9.96. The van der Waals surface area contributed by atoms with Crippen LogP contribution in [0.25, 0.3) is 0 Å². The molecular formula is C18H22F3NO5. The number of carboxylic acids is 1. The van der Waals surface area contributed by atoms with Gasteiger partial charge in [-0.3, -0.25) is 9.59 Å². The SMILES string of the molecule is COc1ccc(CCCC(=O)N2C[C@@H](C(F)(F)F)[C@H](C(=O)O)C2)c(OC)c1. The van der Waals surface area contributed by atoms with Gasteiger partial charge in [0.15, 0.2) is 0 Å². The maximum Gasteiger partial charge on any atom is 0.394 e. The van der Waals surface area contributed by atoms with E-state index in [0.29, 0.717) is 24.3 Å².